The molecule has 0 bridgehead atoms. The van der Waals surface area contributed by atoms with Crippen LogP contribution in [-0.2, 0) is 0 Å². The molecule has 33 heavy (non-hydrogen) atoms. The minimum absolute atomic E-state index is 0.0868. The first-order valence-corrected chi connectivity index (χ1v) is 11.4. The van der Waals surface area contributed by atoms with Gasteiger partial charge >= 0.3 is 0 Å². The molecule has 0 unspecified atom stereocenters. The van der Waals surface area contributed by atoms with Crippen molar-refractivity contribution < 1.29 is 23.4 Å². The summed E-state index contributed by atoms with van der Waals surface area (Å²) >= 11 is 0. The molecule has 174 valence electrons. The van der Waals surface area contributed by atoms with Crippen molar-refractivity contribution in [2.75, 3.05) is 32.9 Å². The smallest absolute Gasteiger partial charge is 0.254 e. The highest BCUT2D eigenvalue weighted by Crippen LogP contribution is 2.40. The third kappa shape index (κ3) is 4.67. The van der Waals surface area contributed by atoms with Gasteiger partial charge in [-0.05, 0) is 63.1 Å². The third-order valence-electron chi connectivity index (χ3n) is 5.64. The van der Waals surface area contributed by atoms with Crippen molar-refractivity contribution in [3.63, 3.8) is 0 Å². The van der Waals surface area contributed by atoms with Gasteiger partial charge in [-0.1, -0.05) is 6.08 Å². The van der Waals surface area contributed by atoms with Gasteiger partial charge in [-0.2, -0.15) is 0 Å². The fourth-order valence-corrected chi connectivity index (χ4v) is 4.16. The van der Waals surface area contributed by atoms with Crippen LogP contribution in [0.4, 0.5) is 4.39 Å². The fourth-order valence-electron chi connectivity index (χ4n) is 4.16. The van der Waals surface area contributed by atoms with Crippen LogP contribution in [-0.4, -0.2) is 48.7 Å². The summed E-state index contributed by atoms with van der Waals surface area (Å²) in [5.74, 6) is 1.19. The van der Waals surface area contributed by atoms with Crippen molar-refractivity contribution in [2.24, 2.45) is 0 Å². The highest BCUT2D eigenvalue weighted by molar-refractivity contribution is 5.97. The number of fused-ring (bicyclic) bond motifs is 1. The molecule has 1 aliphatic rings. The molecule has 1 aliphatic heterocycles. The molecule has 4 rings (SSSR count). The number of rotatable bonds is 8. The largest absolute Gasteiger partial charge is 0.490 e. The second-order valence-corrected chi connectivity index (χ2v) is 7.72. The molecule has 0 aliphatic carbocycles. The molecule has 0 spiro atoms. The number of carbonyl (C=O) groups excluding carboxylic acids is 1. The summed E-state index contributed by atoms with van der Waals surface area (Å²) < 4.78 is 30.8. The zero-order valence-corrected chi connectivity index (χ0v) is 19.2. The Labute approximate surface area is 192 Å². The van der Waals surface area contributed by atoms with E-state index in [-0.39, 0.29) is 11.7 Å². The molecule has 2 heterocycles. The monoisotopic (exact) mass is 452 g/mol. The molecular formula is C26H29FN2O4. The van der Waals surface area contributed by atoms with Crippen LogP contribution in [0.15, 0.2) is 42.6 Å². The van der Waals surface area contributed by atoms with Gasteiger partial charge in [0.2, 0.25) is 5.75 Å². The average Bonchev–Trinajstić information content (AvgIpc) is 3.24. The highest BCUT2D eigenvalue weighted by atomic mass is 19.1. The number of aromatic nitrogens is 1. The molecule has 0 atom stereocenters. The van der Waals surface area contributed by atoms with E-state index in [1.165, 1.54) is 12.1 Å². The Bertz CT molecular complexity index is 1160. The Balaban J connectivity index is 1.58. The topological polar surface area (TPSA) is 63.8 Å². The second kappa shape index (κ2) is 9.98. The van der Waals surface area contributed by atoms with Crippen LogP contribution in [0.3, 0.4) is 0 Å². The molecule has 2 aromatic carbocycles. The second-order valence-electron chi connectivity index (χ2n) is 7.72. The van der Waals surface area contributed by atoms with Crippen LogP contribution < -0.4 is 14.2 Å². The van der Waals surface area contributed by atoms with E-state index in [0.717, 1.165) is 22.0 Å². The number of hydrogen-bond donors (Lipinski definition) is 1. The lowest BCUT2D eigenvalue weighted by molar-refractivity contribution is 0.0771. The fraction of sp³-hybridized carbons (Fsp3) is 0.346. The van der Waals surface area contributed by atoms with Crippen molar-refractivity contribution in [3.05, 3.63) is 59.5 Å². The lowest BCUT2D eigenvalue weighted by Crippen LogP contribution is -2.34. The van der Waals surface area contributed by atoms with Gasteiger partial charge in [0.05, 0.1) is 19.8 Å². The molecular weight excluding hydrogens is 423 g/mol. The van der Waals surface area contributed by atoms with Crippen LogP contribution in [0.1, 0.15) is 43.1 Å². The maximum Gasteiger partial charge on any atom is 0.254 e. The van der Waals surface area contributed by atoms with E-state index in [9.17, 15) is 9.18 Å². The summed E-state index contributed by atoms with van der Waals surface area (Å²) in [6, 6.07) is 8.21. The van der Waals surface area contributed by atoms with E-state index < -0.39 is 0 Å². The Morgan fingerprint density at radius 2 is 1.73 bits per heavy atom. The highest BCUT2D eigenvalue weighted by Gasteiger charge is 2.24. The maximum atomic E-state index is 13.5. The van der Waals surface area contributed by atoms with Gasteiger partial charge in [0, 0.05) is 41.3 Å². The Hall–Kier alpha value is -3.48. The number of halogens is 1. The van der Waals surface area contributed by atoms with Gasteiger partial charge in [0.25, 0.3) is 5.91 Å². The van der Waals surface area contributed by atoms with E-state index in [1.807, 2.05) is 27.0 Å². The molecule has 0 saturated heterocycles. The zero-order chi connectivity index (χ0) is 23.4. The van der Waals surface area contributed by atoms with Crippen molar-refractivity contribution >= 4 is 22.4 Å². The SMILES string of the molecule is CCOc1cc(C(=O)N2CC=C(c3c[nH]c4cc(F)ccc34)CC2)cc(OCC)c1OCC. The first kappa shape index (κ1) is 22.7. The summed E-state index contributed by atoms with van der Waals surface area (Å²) in [6.07, 6.45) is 4.68. The van der Waals surface area contributed by atoms with Crippen LogP contribution in [0.2, 0.25) is 0 Å². The summed E-state index contributed by atoms with van der Waals surface area (Å²) in [7, 11) is 0. The van der Waals surface area contributed by atoms with E-state index in [4.69, 9.17) is 14.2 Å². The molecule has 0 saturated carbocycles. The average molecular weight is 453 g/mol. The number of ether oxygens (including phenoxy) is 3. The number of nitrogens with one attached hydrogen (secondary N) is 1. The van der Waals surface area contributed by atoms with E-state index in [1.54, 1.807) is 23.1 Å². The number of H-pyrrole nitrogens is 1. The normalized spacial score (nSPS) is 13.7. The van der Waals surface area contributed by atoms with E-state index >= 15 is 0 Å². The Morgan fingerprint density at radius 3 is 2.33 bits per heavy atom. The van der Waals surface area contributed by atoms with Crippen molar-refractivity contribution in [1.29, 1.82) is 0 Å². The number of carbonyl (C=O) groups is 1. The van der Waals surface area contributed by atoms with Crippen molar-refractivity contribution in [2.45, 2.75) is 27.2 Å². The maximum absolute atomic E-state index is 13.5. The van der Waals surface area contributed by atoms with Crippen LogP contribution in [0, 0.1) is 5.82 Å². The standard InChI is InChI=1S/C26H29FN2O4/c1-4-31-23-13-18(14-24(32-5-2)25(23)33-6-3)26(30)29-11-9-17(10-12-29)21-16-28-22-15-19(27)7-8-20(21)22/h7-9,13-16,28H,4-6,10-12H2,1-3H3. The lowest BCUT2D eigenvalue weighted by atomic mass is 9.98. The number of amides is 1. The van der Waals surface area contributed by atoms with Crippen LogP contribution >= 0.6 is 0 Å². The van der Waals surface area contributed by atoms with Gasteiger partial charge in [0.15, 0.2) is 11.5 Å². The zero-order valence-electron chi connectivity index (χ0n) is 19.2. The van der Waals surface area contributed by atoms with Gasteiger partial charge in [-0.3, -0.25) is 4.79 Å². The Morgan fingerprint density at radius 1 is 1.03 bits per heavy atom. The summed E-state index contributed by atoms with van der Waals surface area (Å²) in [5.41, 5.74) is 3.47. The van der Waals surface area contributed by atoms with E-state index in [0.29, 0.717) is 62.1 Å². The lowest BCUT2D eigenvalue weighted by Gasteiger charge is -2.27. The summed E-state index contributed by atoms with van der Waals surface area (Å²) in [4.78, 5) is 18.3. The van der Waals surface area contributed by atoms with Gasteiger partial charge in [-0.15, -0.1) is 0 Å². The molecule has 0 radical (unpaired) electrons. The first-order valence-electron chi connectivity index (χ1n) is 11.4. The molecule has 0 fully saturated rings. The van der Waals surface area contributed by atoms with Crippen LogP contribution in [0.25, 0.3) is 16.5 Å². The summed E-state index contributed by atoms with van der Waals surface area (Å²) in [6.45, 7) is 8.12. The number of aromatic amines is 1. The number of nitrogens with zero attached hydrogens (tertiary/aromatic N) is 1. The minimum Gasteiger partial charge on any atom is -0.490 e. The van der Waals surface area contributed by atoms with Gasteiger partial charge < -0.3 is 24.1 Å². The third-order valence-corrected chi connectivity index (χ3v) is 5.64. The summed E-state index contributed by atoms with van der Waals surface area (Å²) in [5, 5.41) is 0.983. The number of benzene rings is 2. The predicted molar refractivity (Wildman–Crippen MR) is 127 cm³/mol. The minimum atomic E-state index is -0.265. The molecule has 7 heteroatoms. The first-order chi connectivity index (χ1) is 16.0. The predicted octanol–water partition coefficient (Wildman–Crippen LogP) is 5.43. The number of hydrogen-bond acceptors (Lipinski definition) is 4. The molecule has 3 aromatic rings. The molecule has 1 N–H and O–H groups in total. The quantitative estimate of drug-likeness (QED) is 0.495. The van der Waals surface area contributed by atoms with Crippen molar-refractivity contribution in [1.82, 2.24) is 9.88 Å². The Kier molecular flexibility index (Phi) is 6.87. The molecule has 6 nitrogen and oxygen atoms in total. The van der Waals surface area contributed by atoms with Crippen molar-refractivity contribution in [3.8, 4) is 17.2 Å². The van der Waals surface area contributed by atoms with Crippen LogP contribution in [0.5, 0.6) is 17.2 Å². The van der Waals surface area contributed by atoms with Gasteiger partial charge in [0.1, 0.15) is 5.82 Å². The molecule has 1 amide bonds. The molecule has 1 aromatic heterocycles. The van der Waals surface area contributed by atoms with E-state index in [2.05, 4.69) is 11.1 Å². The van der Waals surface area contributed by atoms with Gasteiger partial charge in [-0.25, -0.2) is 4.39 Å².